The summed E-state index contributed by atoms with van der Waals surface area (Å²) in [5.41, 5.74) is 0.948. The molecule has 2 fully saturated rings. The third kappa shape index (κ3) is 2.28. The van der Waals surface area contributed by atoms with E-state index in [2.05, 4.69) is 0 Å². The van der Waals surface area contributed by atoms with Gasteiger partial charge in [-0.25, -0.2) is 4.79 Å². The largest absolute Gasteiger partial charge is 0.481 e. The minimum atomic E-state index is -0.743. The van der Waals surface area contributed by atoms with Crippen LogP contribution in [0.2, 0.25) is 0 Å². The molecule has 3 rings (SSSR count). The molecule has 0 bridgehead atoms. The van der Waals surface area contributed by atoms with Gasteiger partial charge in [-0.3, -0.25) is 4.79 Å². The van der Waals surface area contributed by atoms with E-state index >= 15 is 0 Å². The molecule has 19 heavy (non-hydrogen) atoms. The quantitative estimate of drug-likeness (QED) is 0.897. The topological polar surface area (TPSA) is 66.8 Å². The number of piperidine rings is 1. The standard InChI is InChI=1S/C14H15NO4/c16-13(17)12-10-6-15(7-11(10)12)14(18)19-8-9-4-2-1-3-5-9/h1-5,10-12H,6-8H2,(H,16,17)/t10-,11+,12+. The van der Waals surface area contributed by atoms with Crippen molar-refractivity contribution in [2.45, 2.75) is 6.61 Å². The molecule has 1 aromatic rings. The molecule has 100 valence electrons. The van der Waals surface area contributed by atoms with Crippen LogP contribution in [-0.2, 0) is 16.1 Å². The van der Waals surface area contributed by atoms with Crippen molar-refractivity contribution in [2.75, 3.05) is 13.1 Å². The summed E-state index contributed by atoms with van der Waals surface area (Å²) in [7, 11) is 0. The highest BCUT2D eigenvalue weighted by atomic mass is 16.6. The van der Waals surface area contributed by atoms with E-state index in [1.807, 2.05) is 30.3 Å². The first kappa shape index (κ1) is 12.0. The molecule has 0 radical (unpaired) electrons. The predicted octanol–water partition coefficient (Wildman–Crippen LogP) is 1.59. The fourth-order valence-corrected chi connectivity index (χ4v) is 2.85. The van der Waals surface area contributed by atoms with Crippen LogP contribution >= 0.6 is 0 Å². The molecule has 1 heterocycles. The van der Waals surface area contributed by atoms with Crippen LogP contribution in [0, 0.1) is 17.8 Å². The van der Waals surface area contributed by atoms with E-state index in [9.17, 15) is 9.59 Å². The Labute approximate surface area is 110 Å². The Morgan fingerprint density at radius 1 is 1.21 bits per heavy atom. The maximum absolute atomic E-state index is 11.8. The molecule has 5 nitrogen and oxygen atoms in total. The molecule has 3 atom stereocenters. The number of fused-ring (bicyclic) bond motifs is 1. The molecule has 1 saturated carbocycles. The SMILES string of the molecule is O=C(O)[C@H]1[C@@H]2CN(C(=O)OCc3ccccc3)C[C@@H]21. The van der Waals surface area contributed by atoms with E-state index < -0.39 is 5.97 Å². The van der Waals surface area contributed by atoms with E-state index in [0.717, 1.165) is 5.56 Å². The van der Waals surface area contributed by atoms with Crippen molar-refractivity contribution < 1.29 is 19.4 Å². The first-order valence-electron chi connectivity index (χ1n) is 6.35. The lowest BCUT2D eigenvalue weighted by Crippen LogP contribution is -2.32. The lowest BCUT2D eigenvalue weighted by molar-refractivity contribution is -0.139. The van der Waals surface area contributed by atoms with Gasteiger partial charge in [-0.1, -0.05) is 30.3 Å². The molecule has 1 N–H and O–H groups in total. The number of carbonyl (C=O) groups is 2. The number of amides is 1. The molecule has 0 unspecified atom stereocenters. The van der Waals surface area contributed by atoms with Gasteiger partial charge in [0.05, 0.1) is 5.92 Å². The molecule has 1 aromatic carbocycles. The summed E-state index contributed by atoms with van der Waals surface area (Å²) in [5, 5.41) is 8.90. The lowest BCUT2D eigenvalue weighted by Gasteiger charge is -2.18. The Balaban J connectivity index is 1.47. The van der Waals surface area contributed by atoms with Gasteiger partial charge in [0.25, 0.3) is 0 Å². The third-order valence-corrected chi connectivity index (χ3v) is 3.94. The van der Waals surface area contributed by atoms with Crippen molar-refractivity contribution in [1.29, 1.82) is 0 Å². The molecule has 1 amide bonds. The smallest absolute Gasteiger partial charge is 0.410 e. The second kappa shape index (κ2) is 4.57. The zero-order valence-electron chi connectivity index (χ0n) is 10.4. The molecule has 1 aliphatic heterocycles. The second-order valence-corrected chi connectivity index (χ2v) is 5.14. The molecule has 0 aromatic heterocycles. The van der Waals surface area contributed by atoms with Crippen LogP contribution in [0.1, 0.15) is 5.56 Å². The summed E-state index contributed by atoms with van der Waals surface area (Å²) in [4.78, 5) is 24.3. The second-order valence-electron chi connectivity index (χ2n) is 5.14. The molecule has 0 spiro atoms. The third-order valence-electron chi connectivity index (χ3n) is 3.94. The van der Waals surface area contributed by atoms with E-state index in [-0.39, 0.29) is 30.5 Å². The van der Waals surface area contributed by atoms with Crippen LogP contribution in [0.15, 0.2) is 30.3 Å². The normalized spacial score (nSPS) is 27.8. The first-order valence-corrected chi connectivity index (χ1v) is 6.35. The van der Waals surface area contributed by atoms with Crippen LogP contribution in [0.4, 0.5) is 4.79 Å². The predicted molar refractivity (Wildman–Crippen MR) is 66.3 cm³/mol. The number of nitrogens with zero attached hydrogens (tertiary/aromatic N) is 1. The number of likely N-dealkylation sites (tertiary alicyclic amines) is 1. The summed E-state index contributed by atoms with van der Waals surface area (Å²) >= 11 is 0. The number of hydrogen-bond acceptors (Lipinski definition) is 3. The number of aliphatic carboxylic acids is 1. The van der Waals surface area contributed by atoms with Crippen molar-refractivity contribution in [3.8, 4) is 0 Å². The number of rotatable bonds is 3. The van der Waals surface area contributed by atoms with Crippen LogP contribution in [0.5, 0.6) is 0 Å². The number of benzene rings is 1. The summed E-state index contributed by atoms with van der Waals surface area (Å²) in [6.45, 7) is 1.28. The summed E-state index contributed by atoms with van der Waals surface area (Å²) < 4.78 is 5.22. The van der Waals surface area contributed by atoms with Crippen LogP contribution in [0.25, 0.3) is 0 Å². The van der Waals surface area contributed by atoms with E-state index in [1.54, 1.807) is 4.90 Å². The highest BCUT2D eigenvalue weighted by Crippen LogP contribution is 2.51. The maximum Gasteiger partial charge on any atom is 0.410 e. The van der Waals surface area contributed by atoms with Gasteiger partial charge in [0.2, 0.25) is 0 Å². The molecule has 2 aliphatic rings. The van der Waals surface area contributed by atoms with E-state index in [4.69, 9.17) is 9.84 Å². The fraction of sp³-hybridized carbons (Fsp3) is 0.429. The van der Waals surface area contributed by atoms with Crippen molar-refractivity contribution in [1.82, 2.24) is 4.90 Å². The Hall–Kier alpha value is -2.04. The van der Waals surface area contributed by atoms with Gasteiger partial charge in [-0.2, -0.15) is 0 Å². The van der Waals surface area contributed by atoms with Crippen LogP contribution < -0.4 is 0 Å². The van der Waals surface area contributed by atoms with E-state index in [1.165, 1.54) is 0 Å². The molecule has 1 aliphatic carbocycles. The minimum absolute atomic E-state index is 0.127. The van der Waals surface area contributed by atoms with Crippen LogP contribution in [-0.4, -0.2) is 35.2 Å². The molecular weight excluding hydrogens is 246 g/mol. The van der Waals surface area contributed by atoms with Crippen molar-refractivity contribution in [3.05, 3.63) is 35.9 Å². The van der Waals surface area contributed by atoms with Gasteiger partial charge >= 0.3 is 12.1 Å². The van der Waals surface area contributed by atoms with Gasteiger partial charge < -0.3 is 14.7 Å². The monoisotopic (exact) mass is 261 g/mol. The van der Waals surface area contributed by atoms with Gasteiger partial charge in [0.1, 0.15) is 6.61 Å². The number of carbonyl (C=O) groups excluding carboxylic acids is 1. The Kier molecular flexibility index (Phi) is 2.89. The van der Waals surface area contributed by atoms with Crippen molar-refractivity contribution in [3.63, 3.8) is 0 Å². The summed E-state index contributed by atoms with van der Waals surface area (Å²) in [5.74, 6) is -0.742. The van der Waals surface area contributed by atoms with Gasteiger partial charge in [0, 0.05) is 13.1 Å². The average Bonchev–Trinajstić information content (AvgIpc) is 2.93. The zero-order chi connectivity index (χ0) is 13.4. The zero-order valence-corrected chi connectivity index (χ0v) is 10.4. The number of ether oxygens (including phenoxy) is 1. The summed E-state index contributed by atoms with van der Waals surface area (Å²) in [6, 6.07) is 9.49. The molecular formula is C14H15NO4. The molecule has 1 saturated heterocycles. The van der Waals surface area contributed by atoms with Gasteiger partial charge in [-0.05, 0) is 17.4 Å². The van der Waals surface area contributed by atoms with Crippen LogP contribution in [0.3, 0.4) is 0 Å². The minimum Gasteiger partial charge on any atom is -0.481 e. The number of carboxylic acid groups (broad SMARTS) is 1. The van der Waals surface area contributed by atoms with E-state index in [0.29, 0.717) is 13.1 Å². The number of carboxylic acids is 1. The Morgan fingerprint density at radius 2 is 1.84 bits per heavy atom. The van der Waals surface area contributed by atoms with Crippen molar-refractivity contribution >= 4 is 12.1 Å². The maximum atomic E-state index is 11.8. The van der Waals surface area contributed by atoms with Crippen molar-refractivity contribution in [2.24, 2.45) is 17.8 Å². The number of hydrogen-bond donors (Lipinski definition) is 1. The Bertz CT molecular complexity index is 489. The first-order chi connectivity index (χ1) is 9.16. The molecule has 5 heteroatoms. The van der Waals surface area contributed by atoms with Gasteiger partial charge in [-0.15, -0.1) is 0 Å². The highest BCUT2D eigenvalue weighted by molar-refractivity contribution is 5.76. The van der Waals surface area contributed by atoms with Gasteiger partial charge in [0.15, 0.2) is 0 Å². The average molecular weight is 261 g/mol. The summed E-state index contributed by atoms with van der Waals surface area (Å²) in [6.07, 6.45) is -0.347. The lowest BCUT2D eigenvalue weighted by atomic mass is 10.2. The Morgan fingerprint density at radius 3 is 2.42 bits per heavy atom. The fourth-order valence-electron chi connectivity index (χ4n) is 2.85. The highest BCUT2D eigenvalue weighted by Gasteiger charge is 2.60.